The fourth-order valence-electron chi connectivity index (χ4n) is 2.34. The van der Waals surface area contributed by atoms with Crippen LogP contribution < -0.4 is 5.73 Å². The van der Waals surface area contributed by atoms with Crippen LogP contribution in [0, 0.1) is 17.1 Å². The number of carbonyl (C=O) groups is 1. The molecule has 0 saturated heterocycles. The maximum Gasteiger partial charge on any atom is 0.304 e. The van der Waals surface area contributed by atoms with Gasteiger partial charge in [0.25, 0.3) is 0 Å². The van der Waals surface area contributed by atoms with E-state index in [2.05, 4.69) is 0 Å². The maximum atomic E-state index is 13.5. The summed E-state index contributed by atoms with van der Waals surface area (Å²) in [6.45, 7) is 0.181. The Morgan fingerprint density at radius 2 is 2.04 bits per heavy atom. The van der Waals surface area contributed by atoms with Crippen molar-refractivity contribution in [2.45, 2.75) is 12.3 Å². The molecule has 2 aromatic carbocycles. The van der Waals surface area contributed by atoms with Crippen LogP contribution in [0.15, 0.2) is 36.4 Å². The van der Waals surface area contributed by atoms with Crippen molar-refractivity contribution in [1.82, 2.24) is 0 Å². The van der Waals surface area contributed by atoms with Gasteiger partial charge >= 0.3 is 5.97 Å². The largest absolute Gasteiger partial charge is 0.481 e. The summed E-state index contributed by atoms with van der Waals surface area (Å²) in [5.41, 5.74) is 7.50. The number of aliphatic carboxylic acids is 1. The first-order valence-electron chi connectivity index (χ1n) is 6.87. The van der Waals surface area contributed by atoms with Gasteiger partial charge < -0.3 is 10.8 Å². The Hall–Kier alpha value is -2.13. The highest BCUT2D eigenvalue weighted by atomic mass is 35.5. The highest BCUT2D eigenvalue weighted by molar-refractivity contribution is 6.33. The zero-order chi connectivity index (χ0) is 17.0. The van der Waals surface area contributed by atoms with Gasteiger partial charge in [0, 0.05) is 16.5 Å². The average Bonchev–Trinajstić information content (AvgIpc) is 2.53. The number of nitriles is 1. The quantitative estimate of drug-likeness (QED) is 0.835. The number of nitrogens with two attached hydrogens (primary N) is 1. The van der Waals surface area contributed by atoms with Crippen LogP contribution in [0.3, 0.4) is 0 Å². The van der Waals surface area contributed by atoms with Gasteiger partial charge in [0.2, 0.25) is 0 Å². The zero-order valence-corrected chi connectivity index (χ0v) is 14.1. The molecule has 4 nitrogen and oxygen atoms in total. The molecular formula is C17H15Cl2FN2O2. The van der Waals surface area contributed by atoms with E-state index in [4.69, 9.17) is 27.7 Å². The molecule has 0 aliphatic carbocycles. The van der Waals surface area contributed by atoms with Gasteiger partial charge in [-0.15, -0.1) is 12.4 Å². The van der Waals surface area contributed by atoms with Crippen molar-refractivity contribution >= 4 is 30.0 Å². The molecule has 0 radical (unpaired) electrons. The molecule has 0 fully saturated rings. The van der Waals surface area contributed by atoms with Crippen LogP contribution in [-0.4, -0.2) is 17.6 Å². The molecule has 7 heteroatoms. The van der Waals surface area contributed by atoms with E-state index in [1.165, 1.54) is 18.2 Å². The number of benzene rings is 2. The summed E-state index contributed by atoms with van der Waals surface area (Å²) < 4.78 is 13.5. The topological polar surface area (TPSA) is 87.1 Å². The molecule has 0 aromatic heterocycles. The van der Waals surface area contributed by atoms with Crippen LogP contribution in [-0.2, 0) is 4.79 Å². The van der Waals surface area contributed by atoms with Gasteiger partial charge in [-0.3, -0.25) is 4.79 Å². The normalized spacial score (nSPS) is 11.2. The van der Waals surface area contributed by atoms with Crippen LogP contribution in [0.2, 0.25) is 5.02 Å². The molecule has 0 bridgehead atoms. The molecule has 3 N–H and O–H groups in total. The molecule has 0 aliphatic heterocycles. The van der Waals surface area contributed by atoms with E-state index in [-0.39, 0.29) is 36.9 Å². The third kappa shape index (κ3) is 4.45. The predicted molar refractivity (Wildman–Crippen MR) is 92.9 cm³/mol. The average molecular weight is 369 g/mol. The van der Waals surface area contributed by atoms with E-state index < -0.39 is 11.8 Å². The molecule has 2 aromatic rings. The Morgan fingerprint density at radius 1 is 1.33 bits per heavy atom. The second-order valence-electron chi connectivity index (χ2n) is 5.08. The number of hydrogen-bond donors (Lipinski definition) is 2. The summed E-state index contributed by atoms with van der Waals surface area (Å²) >= 11 is 6.20. The van der Waals surface area contributed by atoms with Crippen LogP contribution >= 0.6 is 24.0 Å². The second kappa shape index (κ2) is 8.65. The highest BCUT2D eigenvalue weighted by Gasteiger charge is 2.16. The standard InChI is InChI=1S/C17H14ClFN2O2.ClH/c18-15-3-1-10(12(8-20)7-17(22)23)6-14(15)11-2-4-16(19)13(5-11)9-21;/h1-6,12H,7-8,20H2,(H,22,23);1H/t12-;/m0./s1. The van der Waals surface area contributed by atoms with Gasteiger partial charge in [-0.05, 0) is 41.9 Å². The minimum atomic E-state index is -0.939. The number of carboxylic acids is 1. The Kier molecular flexibility index (Phi) is 7.18. The minimum absolute atomic E-state index is 0. The van der Waals surface area contributed by atoms with Crippen LogP contribution in [0.5, 0.6) is 0 Å². The fourth-order valence-corrected chi connectivity index (χ4v) is 2.57. The lowest BCUT2D eigenvalue weighted by molar-refractivity contribution is -0.137. The first kappa shape index (κ1) is 19.9. The van der Waals surface area contributed by atoms with Gasteiger partial charge in [-0.25, -0.2) is 4.39 Å². The molecule has 126 valence electrons. The number of hydrogen-bond acceptors (Lipinski definition) is 3. The highest BCUT2D eigenvalue weighted by Crippen LogP contribution is 2.32. The molecular weight excluding hydrogens is 354 g/mol. The molecule has 1 atom stereocenters. The monoisotopic (exact) mass is 368 g/mol. The summed E-state index contributed by atoms with van der Waals surface area (Å²) in [5.74, 6) is -1.89. The van der Waals surface area contributed by atoms with Crippen LogP contribution in [0.4, 0.5) is 4.39 Å². The van der Waals surface area contributed by atoms with Crippen molar-refractivity contribution in [3.63, 3.8) is 0 Å². The van der Waals surface area contributed by atoms with Gasteiger partial charge in [0.1, 0.15) is 11.9 Å². The molecule has 0 aliphatic rings. The van der Waals surface area contributed by atoms with Crippen LogP contribution in [0.1, 0.15) is 23.5 Å². The number of nitrogens with zero attached hydrogens (tertiary/aromatic N) is 1. The summed E-state index contributed by atoms with van der Waals surface area (Å²) in [6, 6.07) is 11.0. The summed E-state index contributed by atoms with van der Waals surface area (Å²) in [4.78, 5) is 10.9. The molecule has 0 spiro atoms. The van der Waals surface area contributed by atoms with E-state index in [9.17, 15) is 9.18 Å². The van der Waals surface area contributed by atoms with Crippen molar-refractivity contribution in [2.24, 2.45) is 5.73 Å². The van der Waals surface area contributed by atoms with Crippen molar-refractivity contribution in [1.29, 1.82) is 5.26 Å². The van der Waals surface area contributed by atoms with E-state index in [0.717, 1.165) is 5.56 Å². The van der Waals surface area contributed by atoms with E-state index in [1.807, 2.05) is 0 Å². The van der Waals surface area contributed by atoms with E-state index >= 15 is 0 Å². The number of carboxylic acid groups (broad SMARTS) is 1. The first-order valence-corrected chi connectivity index (χ1v) is 7.25. The Labute approximate surface area is 150 Å². The van der Waals surface area contributed by atoms with Gasteiger partial charge in [0.15, 0.2) is 0 Å². The molecule has 0 amide bonds. The summed E-state index contributed by atoms with van der Waals surface area (Å²) in [6.07, 6.45) is -0.0928. The first-order chi connectivity index (χ1) is 11.0. The SMILES string of the molecule is Cl.N#Cc1cc(-c2cc([C@H](CN)CC(=O)O)ccc2Cl)ccc1F. The van der Waals surface area contributed by atoms with Crippen molar-refractivity contribution in [3.05, 3.63) is 58.4 Å². The molecule has 0 unspecified atom stereocenters. The third-order valence-corrected chi connectivity index (χ3v) is 3.89. The third-order valence-electron chi connectivity index (χ3n) is 3.57. The molecule has 2 rings (SSSR count). The van der Waals surface area contributed by atoms with Crippen molar-refractivity contribution in [3.8, 4) is 17.2 Å². The second-order valence-corrected chi connectivity index (χ2v) is 5.48. The maximum absolute atomic E-state index is 13.5. The number of halogens is 3. The van der Waals surface area contributed by atoms with Gasteiger partial charge in [0.05, 0.1) is 12.0 Å². The molecule has 0 saturated carbocycles. The smallest absolute Gasteiger partial charge is 0.304 e. The van der Waals surface area contributed by atoms with Gasteiger partial charge in [-0.2, -0.15) is 5.26 Å². The van der Waals surface area contributed by atoms with Crippen LogP contribution in [0.25, 0.3) is 11.1 Å². The summed E-state index contributed by atoms with van der Waals surface area (Å²) in [7, 11) is 0. The van der Waals surface area contributed by atoms with E-state index in [1.54, 1.807) is 24.3 Å². The minimum Gasteiger partial charge on any atom is -0.481 e. The fraction of sp³-hybridized carbons (Fsp3) is 0.176. The molecule has 24 heavy (non-hydrogen) atoms. The number of rotatable bonds is 5. The zero-order valence-electron chi connectivity index (χ0n) is 12.5. The van der Waals surface area contributed by atoms with E-state index in [0.29, 0.717) is 16.1 Å². The molecule has 0 heterocycles. The Morgan fingerprint density at radius 3 is 2.62 bits per heavy atom. The Balaban J connectivity index is 0.00000288. The van der Waals surface area contributed by atoms with Crippen molar-refractivity contribution < 1.29 is 14.3 Å². The lowest BCUT2D eigenvalue weighted by Crippen LogP contribution is -2.16. The Bertz CT molecular complexity index is 791. The lowest BCUT2D eigenvalue weighted by atomic mass is 9.92. The predicted octanol–water partition coefficient (Wildman–Crippen LogP) is 3.96. The lowest BCUT2D eigenvalue weighted by Gasteiger charge is -2.15. The van der Waals surface area contributed by atoms with Crippen molar-refractivity contribution in [2.75, 3.05) is 6.54 Å². The van der Waals surface area contributed by atoms with Gasteiger partial charge in [-0.1, -0.05) is 23.7 Å². The summed E-state index contributed by atoms with van der Waals surface area (Å²) in [5, 5.41) is 18.3.